The monoisotopic (exact) mass is 335 g/mol. The lowest BCUT2D eigenvalue weighted by Crippen LogP contribution is -2.45. The highest BCUT2D eigenvalue weighted by atomic mass is 28.4. The summed E-state index contributed by atoms with van der Waals surface area (Å²) in [6.45, 7) is 15.3. The second-order valence-corrected chi connectivity index (χ2v) is 11.9. The molecule has 0 bridgehead atoms. The summed E-state index contributed by atoms with van der Waals surface area (Å²) >= 11 is 0. The van der Waals surface area contributed by atoms with E-state index in [4.69, 9.17) is 9.16 Å². The molecule has 0 saturated carbocycles. The topological polar surface area (TPSA) is 47.6 Å². The smallest absolute Gasteiger partial charge is 0.408 e. The number of hydrogen-bond donors (Lipinski definition) is 1. The van der Waals surface area contributed by atoms with Gasteiger partial charge in [0, 0.05) is 0 Å². The maximum absolute atomic E-state index is 11.9. The Balaban J connectivity index is 2.43. The molecule has 1 rings (SSSR count). The van der Waals surface area contributed by atoms with Crippen molar-refractivity contribution in [3.05, 3.63) is 48.6 Å². The maximum atomic E-state index is 11.9. The average molecular weight is 336 g/mol. The standard InChI is InChI=1S/C18H29NO3Si/c1-7-16(14-22-23(5,6)18(2,3)4)19-17(20)21-13-15-11-9-8-10-12-15/h7-12,16H,1,13-14H2,2-6H3,(H,19,20)/t16-/m0/s1. The molecule has 0 aliphatic heterocycles. The van der Waals surface area contributed by atoms with E-state index in [0.717, 1.165) is 5.56 Å². The summed E-state index contributed by atoms with van der Waals surface area (Å²) in [6.07, 6.45) is 1.22. The van der Waals surface area contributed by atoms with Crippen molar-refractivity contribution < 1.29 is 14.0 Å². The summed E-state index contributed by atoms with van der Waals surface area (Å²) in [5, 5.41) is 2.91. The van der Waals surface area contributed by atoms with Crippen LogP contribution < -0.4 is 5.32 Å². The van der Waals surface area contributed by atoms with Crippen LogP contribution in [-0.2, 0) is 15.8 Å². The van der Waals surface area contributed by atoms with Gasteiger partial charge in [-0.25, -0.2) is 4.79 Å². The molecular formula is C18H29NO3Si. The molecule has 0 heterocycles. The zero-order valence-corrected chi connectivity index (χ0v) is 15.9. The maximum Gasteiger partial charge on any atom is 0.408 e. The van der Waals surface area contributed by atoms with Crippen molar-refractivity contribution in [2.45, 2.75) is 51.6 Å². The second kappa shape index (κ2) is 8.31. The Bertz CT molecular complexity index is 509. The van der Waals surface area contributed by atoms with Crippen LogP contribution in [0.25, 0.3) is 0 Å². The van der Waals surface area contributed by atoms with E-state index in [1.54, 1.807) is 6.08 Å². The molecule has 1 aromatic carbocycles. The molecular weight excluding hydrogens is 306 g/mol. The molecule has 0 unspecified atom stereocenters. The highest BCUT2D eigenvalue weighted by Crippen LogP contribution is 2.36. The van der Waals surface area contributed by atoms with Crippen molar-refractivity contribution in [3.63, 3.8) is 0 Å². The van der Waals surface area contributed by atoms with Gasteiger partial charge in [0.05, 0.1) is 12.6 Å². The fourth-order valence-corrected chi connectivity index (χ4v) is 2.63. The van der Waals surface area contributed by atoms with Crippen molar-refractivity contribution in [2.24, 2.45) is 0 Å². The first-order chi connectivity index (χ1) is 10.7. The van der Waals surface area contributed by atoms with E-state index in [1.807, 2.05) is 30.3 Å². The Morgan fingerprint density at radius 3 is 2.43 bits per heavy atom. The van der Waals surface area contributed by atoms with E-state index >= 15 is 0 Å². The summed E-state index contributed by atoms with van der Waals surface area (Å²) in [4.78, 5) is 11.9. The number of hydrogen-bond acceptors (Lipinski definition) is 3. The minimum Gasteiger partial charge on any atom is -0.445 e. The van der Waals surface area contributed by atoms with Gasteiger partial charge in [-0.05, 0) is 23.7 Å². The first-order valence-electron chi connectivity index (χ1n) is 7.89. The molecule has 23 heavy (non-hydrogen) atoms. The van der Waals surface area contributed by atoms with Crippen molar-refractivity contribution in [1.82, 2.24) is 5.32 Å². The minimum absolute atomic E-state index is 0.131. The van der Waals surface area contributed by atoms with E-state index in [2.05, 4.69) is 45.8 Å². The Morgan fingerprint density at radius 2 is 1.91 bits per heavy atom. The lowest BCUT2D eigenvalue weighted by molar-refractivity contribution is 0.133. The van der Waals surface area contributed by atoms with Gasteiger partial charge in [-0.15, -0.1) is 6.58 Å². The number of alkyl carbamates (subject to hydrolysis) is 1. The van der Waals surface area contributed by atoms with Crippen LogP contribution in [0.5, 0.6) is 0 Å². The fraction of sp³-hybridized carbons (Fsp3) is 0.500. The van der Waals surface area contributed by atoms with E-state index in [0.29, 0.717) is 6.61 Å². The quantitative estimate of drug-likeness (QED) is 0.590. The van der Waals surface area contributed by atoms with E-state index in [1.165, 1.54) is 0 Å². The molecule has 0 spiro atoms. The molecule has 4 nitrogen and oxygen atoms in total. The van der Waals surface area contributed by atoms with Crippen LogP contribution in [0, 0.1) is 0 Å². The molecule has 1 atom stereocenters. The molecule has 1 aromatic rings. The Morgan fingerprint density at radius 1 is 1.30 bits per heavy atom. The van der Waals surface area contributed by atoms with Gasteiger partial charge >= 0.3 is 6.09 Å². The molecule has 5 heteroatoms. The number of rotatable bonds is 7. The molecule has 0 fully saturated rings. The van der Waals surface area contributed by atoms with Gasteiger partial charge in [-0.3, -0.25) is 0 Å². The van der Waals surface area contributed by atoms with Crippen molar-refractivity contribution in [1.29, 1.82) is 0 Å². The highest BCUT2D eigenvalue weighted by molar-refractivity contribution is 6.74. The van der Waals surface area contributed by atoms with Gasteiger partial charge in [0.2, 0.25) is 0 Å². The normalized spacial score (nSPS) is 13.3. The average Bonchev–Trinajstić information content (AvgIpc) is 2.49. The zero-order chi connectivity index (χ0) is 17.5. The summed E-state index contributed by atoms with van der Waals surface area (Å²) in [5.41, 5.74) is 0.954. The predicted molar refractivity (Wildman–Crippen MR) is 96.9 cm³/mol. The summed E-state index contributed by atoms with van der Waals surface area (Å²) < 4.78 is 11.3. The summed E-state index contributed by atoms with van der Waals surface area (Å²) in [5.74, 6) is 0. The van der Waals surface area contributed by atoms with Gasteiger partial charge in [0.1, 0.15) is 6.61 Å². The first kappa shape index (κ1) is 19.5. The van der Waals surface area contributed by atoms with Crippen LogP contribution in [0.15, 0.2) is 43.0 Å². The predicted octanol–water partition coefficient (Wildman–Crippen LogP) is 4.49. The summed E-state index contributed by atoms with van der Waals surface area (Å²) in [7, 11) is -1.85. The first-order valence-corrected chi connectivity index (χ1v) is 10.8. The molecule has 1 amide bonds. The number of benzene rings is 1. The van der Waals surface area contributed by atoms with E-state index in [-0.39, 0.29) is 17.7 Å². The van der Waals surface area contributed by atoms with Gasteiger partial charge < -0.3 is 14.5 Å². The molecule has 0 aliphatic carbocycles. The SMILES string of the molecule is C=C[C@@H](CO[Si](C)(C)C(C)(C)C)NC(=O)OCc1ccccc1. The van der Waals surface area contributed by atoms with Crippen LogP contribution in [0.3, 0.4) is 0 Å². The van der Waals surface area contributed by atoms with Crippen LogP contribution in [0.4, 0.5) is 4.79 Å². The van der Waals surface area contributed by atoms with Crippen LogP contribution in [0.1, 0.15) is 26.3 Å². The minimum atomic E-state index is -1.85. The molecule has 128 valence electrons. The van der Waals surface area contributed by atoms with Crippen LogP contribution in [0.2, 0.25) is 18.1 Å². The molecule has 0 aromatic heterocycles. The highest BCUT2D eigenvalue weighted by Gasteiger charge is 2.37. The molecule has 1 N–H and O–H groups in total. The fourth-order valence-electron chi connectivity index (χ4n) is 1.60. The lowest BCUT2D eigenvalue weighted by Gasteiger charge is -2.37. The van der Waals surface area contributed by atoms with E-state index < -0.39 is 14.4 Å². The number of nitrogens with one attached hydrogen (secondary N) is 1. The molecule has 0 aliphatic rings. The van der Waals surface area contributed by atoms with Gasteiger partial charge in [-0.2, -0.15) is 0 Å². The van der Waals surface area contributed by atoms with E-state index in [9.17, 15) is 4.79 Å². The lowest BCUT2D eigenvalue weighted by atomic mass is 10.2. The Kier molecular flexibility index (Phi) is 7.03. The Labute approximate surface area is 141 Å². The van der Waals surface area contributed by atoms with Gasteiger partial charge in [0.15, 0.2) is 8.32 Å². The second-order valence-electron chi connectivity index (χ2n) is 7.12. The third-order valence-electron chi connectivity index (χ3n) is 4.23. The number of amides is 1. The zero-order valence-electron chi connectivity index (χ0n) is 14.9. The van der Waals surface area contributed by atoms with Crippen LogP contribution >= 0.6 is 0 Å². The van der Waals surface area contributed by atoms with Crippen molar-refractivity contribution in [3.8, 4) is 0 Å². The van der Waals surface area contributed by atoms with Gasteiger partial charge in [0.25, 0.3) is 0 Å². The van der Waals surface area contributed by atoms with Gasteiger partial charge in [-0.1, -0.05) is 57.2 Å². The van der Waals surface area contributed by atoms with Crippen molar-refractivity contribution in [2.75, 3.05) is 6.61 Å². The van der Waals surface area contributed by atoms with Crippen molar-refractivity contribution >= 4 is 14.4 Å². The van der Waals surface area contributed by atoms with Crippen LogP contribution in [-0.4, -0.2) is 27.1 Å². The summed E-state index contributed by atoms with van der Waals surface area (Å²) in [6, 6.07) is 9.33. The number of carbonyl (C=O) groups is 1. The Hall–Kier alpha value is -1.59. The third-order valence-corrected chi connectivity index (χ3v) is 8.73. The largest absolute Gasteiger partial charge is 0.445 e. The number of carbonyl (C=O) groups excluding carboxylic acids is 1. The number of ether oxygens (including phenoxy) is 1. The molecule has 0 radical (unpaired) electrons. The molecule has 0 saturated heterocycles. The third kappa shape index (κ3) is 6.58.